The third kappa shape index (κ3) is 21.6. The van der Waals surface area contributed by atoms with Gasteiger partial charge >= 0.3 is 23.5 Å². The van der Waals surface area contributed by atoms with Crippen LogP contribution in [0.15, 0.2) is 91.4 Å². The third-order valence-electron chi connectivity index (χ3n) is 16.5. The molecular formula is C69H78F3N18O27P3. The standard InChI is InChI=1S/3C23H26FN6O9P/c3*1-23(2)21(31)30(11-38-40(32,33)34)20-14(39-23)6-7-17(28-20)27-19-13(24)10-25-22(29-19)26-12-8-15(35-3)18(37-5)16(9-12)36-4/h3*6-10H,11H2,1-5H3,(H2,32,33,34)(H2,25,26,27,28,29). The zero-order chi connectivity index (χ0) is 87.7. The number of phosphoric ester groups is 3. The number of rotatable bonds is 30. The molecule has 6 aromatic heterocycles. The van der Waals surface area contributed by atoms with E-state index in [2.05, 4.69) is 90.3 Å². The van der Waals surface area contributed by atoms with Gasteiger partial charge in [0.2, 0.25) is 35.1 Å². The number of pyridine rings is 3. The Morgan fingerprint density at radius 2 is 0.583 bits per heavy atom. The van der Waals surface area contributed by atoms with E-state index in [1.165, 1.54) is 142 Å². The molecule has 0 unspecified atom stereocenters. The molecule has 3 aliphatic rings. The van der Waals surface area contributed by atoms with Gasteiger partial charge in [-0.25, -0.2) is 56.8 Å². The van der Waals surface area contributed by atoms with Crippen LogP contribution in [0.2, 0.25) is 0 Å². The summed E-state index contributed by atoms with van der Waals surface area (Å²) >= 11 is 0. The van der Waals surface area contributed by atoms with E-state index in [1.54, 1.807) is 36.4 Å². The van der Waals surface area contributed by atoms with Gasteiger partial charge in [0.25, 0.3) is 17.7 Å². The summed E-state index contributed by atoms with van der Waals surface area (Å²) in [5, 5.41) is 16.9. The molecule has 9 aromatic rings. The van der Waals surface area contributed by atoms with E-state index in [0.29, 0.717) is 68.8 Å². The zero-order valence-electron chi connectivity index (χ0n) is 65.9. The fourth-order valence-corrected chi connectivity index (χ4v) is 11.9. The molecule has 120 heavy (non-hydrogen) atoms. The van der Waals surface area contributed by atoms with E-state index in [0.717, 1.165) is 33.3 Å². The van der Waals surface area contributed by atoms with Crippen LogP contribution in [0.1, 0.15) is 41.5 Å². The minimum Gasteiger partial charge on any atom is -0.493 e. The van der Waals surface area contributed by atoms with E-state index >= 15 is 0 Å². The van der Waals surface area contributed by atoms with Gasteiger partial charge in [0.15, 0.2) is 121 Å². The highest BCUT2D eigenvalue weighted by Gasteiger charge is 2.46. The fraction of sp³-hybridized carbons (Fsp3) is 0.304. The molecule has 45 nitrogen and oxygen atoms in total. The molecule has 3 aliphatic heterocycles. The van der Waals surface area contributed by atoms with Crippen molar-refractivity contribution < 1.29 is 141 Å². The summed E-state index contributed by atoms with van der Waals surface area (Å²) < 4.78 is 156. The number of nitrogens with zero attached hydrogens (tertiary/aromatic N) is 12. The van der Waals surface area contributed by atoms with Gasteiger partial charge < -0.3 is 118 Å². The average Bonchev–Trinajstić information content (AvgIpc) is 0.769. The minimum atomic E-state index is -4.91. The normalized spacial score (nSPS) is 14.2. The van der Waals surface area contributed by atoms with Crippen molar-refractivity contribution in [2.24, 2.45) is 0 Å². The topological polar surface area (TPSA) is 560 Å². The van der Waals surface area contributed by atoms with Crippen molar-refractivity contribution in [2.75, 3.05) is 131 Å². The Morgan fingerprint density at radius 3 is 0.783 bits per heavy atom. The highest BCUT2D eigenvalue weighted by Crippen LogP contribution is 2.48. The number of aromatic nitrogens is 9. The van der Waals surface area contributed by atoms with Crippen molar-refractivity contribution in [1.29, 1.82) is 0 Å². The number of nitrogens with one attached hydrogen (secondary N) is 6. The maximum atomic E-state index is 14.7. The highest BCUT2D eigenvalue weighted by molar-refractivity contribution is 7.46. The van der Waals surface area contributed by atoms with Crippen molar-refractivity contribution in [3.05, 3.63) is 109 Å². The summed E-state index contributed by atoms with van der Waals surface area (Å²) in [5.74, 6) is -1.65. The zero-order valence-corrected chi connectivity index (χ0v) is 68.6. The first-order valence-electron chi connectivity index (χ1n) is 34.3. The Morgan fingerprint density at radius 1 is 0.358 bits per heavy atom. The van der Waals surface area contributed by atoms with Crippen LogP contribution in [0.5, 0.6) is 69.0 Å². The first kappa shape index (κ1) is 89.6. The summed E-state index contributed by atoms with van der Waals surface area (Å²) in [6, 6.07) is 18.4. The Bertz CT molecular complexity index is 4900. The van der Waals surface area contributed by atoms with Crippen LogP contribution in [0.25, 0.3) is 0 Å². The summed E-state index contributed by atoms with van der Waals surface area (Å²) in [4.78, 5) is 133. The molecule has 0 saturated heterocycles. The number of carbonyl (C=O) groups excluding carboxylic acids is 3. The predicted molar refractivity (Wildman–Crippen MR) is 417 cm³/mol. The monoisotopic (exact) mass is 1740 g/mol. The van der Waals surface area contributed by atoms with Gasteiger partial charge in [0.05, 0.1) is 82.6 Å². The van der Waals surface area contributed by atoms with E-state index in [4.69, 9.17) is 86.2 Å². The Hall–Kier alpha value is -12.7. The van der Waals surface area contributed by atoms with Gasteiger partial charge in [0, 0.05) is 53.5 Å². The molecule has 0 fully saturated rings. The van der Waals surface area contributed by atoms with Crippen LogP contribution < -0.4 is 103 Å². The number of phosphoric acid groups is 3. The Labute approximate surface area is 678 Å². The average molecular weight is 1740 g/mol. The molecule has 0 spiro atoms. The Balaban J connectivity index is 0.000000189. The molecule has 3 aromatic carbocycles. The number of benzene rings is 3. The van der Waals surface area contributed by atoms with Crippen molar-refractivity contribution in [3.63, 3.8) is 0 Å². The Kier molecular flexibility index (Phi) is 27.4. The molecule has 12 N–H and O–H groups in total. The van der Waals surface area contributed by atoms with Gasteiger partial charge in [0.1, 0.15) is 37.6 Å². The molecule has 0 bridgehead atoms. The number of anilines is 15. The third-order valence-corrected chi connectivity index (χ3v) is 17.8. The largest absolute Gasteiger partial charge is 0.493 e. The van der Waals surface area contributed by atoms with Crippen LogP contribution in [0.3, 0.4) is 0 Å². The molecule has 3 amide bonds. The minimum absolute atomic E-state index is 0.00747. The van der Waals surface area contributed by atoms with Crippen LogP contribution in [-0.2, 0) is 41.6 Å². The van der Waals surface area contributed by atoms with Gasteiger partial charge in [-0.15, -0.1) is 0 Å². The van der Waals surface area contributed by atoms with Crippen LogP contribution in [-0.4, -0.2) is 193 Å². The van der Waals surface area contributed by atoms with Gasteiger partial charge in [-0.1, -0.05) is 0 Å². The lowest BCUT2D eigenvalue weighted by Crippen LogP contribution is -2.53. The molecule has 0 saturated carbocycles. The summed E-state index contributed by atoms with van der Waals surface area (Å²) in [5.41, 5.74) is -2.73. The van der Waals surface area contributed by atoms with Gasteiger partial charge in [-0.2, -0.15) is 15.0 Å². The number of fused-ring (bicyclic) bond motifs is 3. The highest BCUT2D eigenvalue weighted by atomic mass is 31.2. The lowest BCUT2D eigenvalue weighted by Gasteiger charge is -2.37. The van der Waals surface area contributed by atoms with E-state index in [-0.39, 0.29) is 87.5 Å². The van der Waals surface area contributed by atoms with Gasteiger partial charge in [-0.3, -0.25) is 42.7 Å². The molecule has 0 aliphatic carbocycles. The molecule has 12 rings (SSSR count). The molecule has 642 valence electrons. The molecule has 0 radical (unpaired) electrons. The van der Waals surface area contributed by atoms with E-state index in [9.17, 15) is 41.3 Å². The SMILES string of the molecule is COc1cc(Nc2ncc(F)c(Nc3ccc4c(n3)N(COP(=O)(O)O)C(=O)C(C)(C)O4)n2)cc(OC)c1OC.COc1cc(Nc2ncc(F)c(Nc3ccc4c(n3)N(COP(=O)(O)O)C(=O)C(C)(C)O4)n2)cc(OC)c1OC.COc1cc(Nc2ncc(F)c(Nc3ccc4c(n3)N(COP(=O)(O)O)C(=O)C(C)(C)O4)n2)cc(OC)c1OC. The predicted octanol–water partition coefficient (Wildman–Crippen LogP) is 9.28. The number of hydrogen-bond donors (Lipinski definition) is 12. The maximum Gasteiger partial charge on any atom is 0.471 e. The number of halogens is 3. The van der Waals surface area contributed by atoms with E-state index in [1.807, 2.05) is 0 Å². The van der Waals surface area contributed by atoms with Crippen molar-refractivity contribution in [2.45, 2.75) is 58.3 Å². The van der Waals surface area contributed by atoms with E-state index < -0.39 is 95.6 Å². The molecule has 51 heteroatoms. The summed E-state index contributed by atoms with van der Waals surface area (Å²) in [6.45, 7) is 6.47. The first-order valence-corrected chi connectivity index (χ1v) is 38.9. The molecule has 0 atom stereocenters. The van der Waals surface area contributed by atoms with Crippen LogP contribution in [0.4, 0.5) is 100 Å². The number of methoxy groups -OCH3 is 9. The van der Waals surface area contributed by atoms with Crippen molar-refractivity contribution in [1.82, 2.24) is 44.9 Å². The number of ether oxygens (including phenoxy) is 12. The second-order valence-corrected chi connectivity index (χ2v) is 29.7. The lowest BCUT2D eigenvalue weighted by atomic mass is 10.1. The first-order chi connectivity index (χ1) is 56.5. The number of hydrogen-bond acceptors (Lipinski definition) is 36. The number of amides is 3. The van der Waals surface area contributed by atoms with Crippen LogP contribution >= 0.6 is 23.5 Å². The maximum absolute atomic E-state index is 14.7. The lowest BCUT2D eigenvalue weighted by molar-refractivity contribution is -0.134. The molecular weight excluding hydrogens is 1660 g/mol. The summed E-state index contributed by atoms with van der Waals surface area (Å²) in [6.07, 6.45) is 2.80. The quantitative estimate of drug-likeness (QED) is 0.0186. The molecule has 9 heterocycles. The van der Waals surface area contributed by atoms with Gasteiger partial charge in [-0.05, 0) is 77.9 Å². The summed E-state index contributed by atoms with van der Waals surface area (Å²) in [7, 11) is -1.56. The number of carbonyl (C=O) groups is 3. The second-order valence-electron chi connectivity index (χ2n) is 26.0. The van der Waals surface area contributed by atoms with Crippen molar-refractivity contribution >= 4 is 128 Å². The fourth-order valence-electron chi connectivity index (χ4n) is 11.1. The smallest absolute Gasteiger partial charge is 0.471 e. The van der Waals surface area contributed by atoms with Crippen molar-refractivity contribution in [3.8, 4) is 69.0 Å². The van der Waals surface area contributed by atoms with Crippen LogP contribution in [0, 0.1) is 17.5 Å². The second kappa shape index (κ2) is 36.7.